The lowest BCUT2D eigenvalue weighted by atomic mass is 10.3. The molecule has 1 unspecified atom stereocenters. The Morgan fingerprint density at radius 2 is 1.82 bits per heavy atom. The third kappa shape index (κ3) is 3.99. The molecule has 1 rings (SSSR count). The van der Waals surface area contributed by atoms with Gasteiger partial charge in [-0.25, -0.2) is 8.42 Å². The van der Waals surface area contributed by atoms with Gasteiger partial charge in [0.1, 0.15) is 5.75 Å². The molecule has 1 N–H and O–H groups in total. The molecule has 1 atom stereocenters. The second kappa shape index (κ2) is 5.48. The van der Waals surface area contributed by atoms with Crippen molar-refractivity contribution in [3.63, 3.8) is 0 Å². The van der Waals surface area contributed by atoms with E-state index in [2.05, 4.69) is 0 Å². The van der Waals surface area contributed by atoms with Crippen LogP contribution in [-0.4, -0.2) is 54.4 Å². The van der Waals surface area contributed by atoms with Crippen LogP contribution in [0.15, 0.2) is 0 Å². The monoisotopic (exact) mass is 263 g/mol. The Morgan fingerprint density at radius 1 is 1.29 bits per heavy atom. The van der Waals surface area contributed by atoms with Crippen LogP contribution in [0.3, 0.4) is 0 Å². The van der Waals surface area contributed by atoms with E-state index in [1.165, 1.54) is 11.8 Å². The van der Waals surface area contributed by atoms with Gasteiger partial charge in [-0.05, 0) is 19.8 Å². The van der Waals surface area contributed by atoms with Crippen LogP contribution in [0.2, 0.25) is 0 Å². The molecular weight excluding hydrogens is 246 g/mol. The molecule has 1 aliphatic heterocycles. The van der Waals surface area contributed by atoms with Gasteiger partial charge < -0.3 is 10.0 Å². The predicted molar refractivity (Wildman–Crippen MR) is 61.3 cm³/mol. The summed E-state index contributed by atoms with van der Waals surface area (Å²) < 4.78 is 23.4. The number of hydrogen-bond acceptors (Lipinski definition) is 4. The van der Waals surface area contributed by atoms with Crippen LogP contribution >= 0.6 is 0 Å². The SMILES string of the molecule is CC(CC(=O)O)S(=O)(=O)CC(=O)N1CCCC1. The van der Waals surface area contributed by atoms with Crippen LogP contribution in [0.4, 0.5) is 0 Å². The normalized spacial score (nSPS) is 18.1. The van der Waals surface area contributed by atoms with Gasteiger partial charge in [0.05, 0.1) is 11.7 Å². The van der Waals surface area contributed by atoms with Crippen LogP contribution in [0.25, 0.3) is 0 Å². The molecule has 6 nitrogen and oxygen atoms in total. The summed E-state index contributed by atoms with van der Waals surface area (Å²) in [7, 11) is -3.66. The maximum Gasteiger partial charge on any atom is 0.304 e. The van der Waals surface area contributed by atoms with E-state index in [1.54, 1.807) is 0 Å². The quantitative estimate of drug-likeness (QED) is 0.747. The first kappa shape index (κ1) is 14.0. The number of carboxylic acid groups (broad SMARTS) is 1. The summed E-state index contributed by atoms with van der Waals surface area (Å²) in [5.74, 6) is -2.17. The summed E-state index contributed by atoms with van der Waals surface area (Å²) in [6, 6.07) is 0. The Labute approximate surface area is 101 Å². The molecule has 0 saturated carbocycles. The summed E-state index contributed by atoms with van der Waals surface area (Å²) in [6.07, 6.45) is 1.34. The molecule has 17 heavy (non-hydrogen) atoms. The minimum absolute atomic E-state index is 0.417. The number of carbonyl (C=O) groups excluding carboxylic acids is 1. The standard InChI is InChI=1S/C10H17NO5S/c1-8(6-10(13)14)17(15,16)7-9(12)11-4-2-3-5-11/h8H,2-7H2,1H3,(H,13,14). The second-order valence-electron chi connectivity index (χ2n) is 4.30. The van der Waals surface area contributed by atoms with E-state index in [0.29, 0.717) is 13.1 Å². The predicted octanol–water partition coefficient (Wildman–Crippen LogP) is -0.113. The van der Waals surface area contributed by atoms with E-state index in [0.717, 1.165) is 12.8 Å². The molecule has 0 aromatic rings. The van der Waals surface area contributed by atoms with Gasteiger partial charge in [-0.1, -0.05) is 0 Å². The number of carbonyl (C=O) groups is 2. The van der Waals surface area contributed by atoms with Crippen LogP contribution in [-0.2, 0) is 19.4 Å². The topological polar surface area (TPSA) is 91.7 Å². The van der Waals surface area contributed by atoms with Crippen molar-refractivity contribution >= 4 is 21.7 Å². The molecule has 0 spiro atoms. The van der Waals surface area contributed by atoms with E-state index in [9.17, 15) is 18.0 Å². The number of nitrogens with zero attached hydrogens (tertiary/aromatic N) is 1. The molecular formula is C10H17NO5S. The lowest BCUT2D eigenvalue weighted by molar-refractivity contribution is -0.137. The first-order valence-corrected chi connectivity index (χ1v) is 7.25. The first-order valence-electron chi connectivity index (χ1n) is 5.54. The third-order valence-corrected chi connectivity index (χ3v) is 4.90. The highest BCUT2D eigenvalue weighted by Crippen LogP contribution is 2.12. The molecule has 1 saturated heterocycles. The van der Waals surface area contributed by atoms with Gasteiger partial charge in [0.25, 0.3) is 0 Å². The average Bonchev–Trinajstić information content (AvgIpc) is 2.68. The Hall–Kier alpha value is -1.11. The van der Waals surface area contributed by atoms with Crippen molar-refractivity contribution in [1.29, 1.82) is 0 Å². The number of hydrogen-bond donors (Lipinski definition) is 1. The molecule has 0 aromatic heterocycles. The van der Waals surface area contributed by atoms with Crippen molar-refractivity contribution in [3.05, 3.63) is 0 Å². The number of rotatable bonds is 5. The van der Waals surface area contributed by atoms with Crippen molar-refractivity contribution in [2.75, 3.05) is 18.8 Å². The molecule has 1 fully saturated rings. The molecule has 0 radical (unpaired) electrons. The summed E-state index contributed by atoms with van der Waals surface area (Å²) in [5.41, 5.74) is 0. The van der Waals surface area contributed by atoms with E-state index in [-0.39, 0.29) is 0 Å². The van der Waals surface area contributed by atoms with Gasteiger partial charge in [0.15, 0.2) is 9.84 Å². The average molecular weight is 263 g/mol. The molecule has 0 aromatic carbocycles. The van der Waals surface area contributed by atoms with Gasteiger partial charge in [-0.3, -0.25) is 9.59 Å². The summed E-state index contributed by atoms with van der Waals surface area (Å²) in [4.78, 5) is 23.6. The minimum atomic E-state index is -3.66. The van der Waals surface area contributed by atoms with Gasteiger partial charge in [-0.15, -0.1) is 0 Å². The third-order valence-electron chi connectivity index (χ3n) is 2.86. The molecule has 1 heterocycles. The molecule has 1 amide bonds. The maximum atomic E-state index is 11.7. The van der Waals surface area contributed by atoms with Gasteiger partial charge >= 0.3 is 5.97 Å². The Kier molecular flexibility index (Phi) is 4.50. The molecule has 0 aliphatic carbocycles. The number of aliphatic carboxylic acids is 1. The highest BCUT2D eigenvalue weighted by atomic mass is 32.2. The van der Waals surface area contributed by atoms with E-state index >= 15 is 0 Å². The Bertz CT molecular complexity index is 397. The first-order chi connectivity index (χ1) is 7.83. The van der Waals surface area contributed by atoms with Crippen molar-refractivity contribution in [2.45, 2.75) is 31.4 Å². The largest absolute Gasteiger partial charge is 0.481 e. The van der Waals surface area contributed by atoms with Crippen LogP contribution in [0, 0.1) is 0 Å². The summed E-state index contributed by atoms with van der Waals surface area (Å²) in [6.45, 7) is 2.52. The van der Waals surface area contributed by atoms with Crippen LogP contribution in [0.1, 0.15) is 26.2 Å². The molecule has 1 aliphatic rings. The number of likely N-dealkylation sites (tertiary alicyclic amines) is 1. The molecule has 98 valence electrons. The van der Waals surface area contributed by atoms with E-state index < -0.39 is 39.1 Å². The zero-order valence-electron chi connectivity index (χ0n) is 9.76. The number of carboxylic acids is 1. The fourth-order valence-electron chi connectivity index (χ4n) is 1.75. The number of sulfone groups is 1. The van der Waals surface area contributed by atoms with Gasteiger partial charge in [0.2, 0.25) is 5.91 Å². The summed E-state index contributed by atoms with van der Waals surface area (Å²) in [5, 5.41) is 7.51. The van der Waals surface area contributed by atoms with Crippen molar-refractivity contribution in [3.8, 4) is 0 Å². The number of amides is 1. The maximum absolute atomic E-state index is 11.7. The lowest BCUT2D eigenvalue weighted by Crippen LogP contribution is -2.36. The zero-order valence-corrected chi connectivity index (χ0v) is 10.6. The summed E-state index contributed by atoms with van der Waals surface area (Å²) >= 11 is 0. The highest BCUT2D eigenvalue weighted by Gasteiger charge is 2.29. The smallest absolute Gasteiger partial charge is 0.304 e. The van der Waals surface area contributed by atoms with Crippen molar-refractivity contribution in [1.82, 2.24) is 4.90 Å². The van der Waals surface area contributed by atoms with Crippen molar-refractivity contribution < 1.29 is 23.1 Å². The molecule has 7 heteroatoms. The fourth-order valence-corrected chi connectivity index (χ4v) is 2.95. The Balaban J connectivity index is 2.59. The minimum Gasteiger partial charge on any atom is -0.481 e. The fraction of sp³-hybridized carbons (Fsp3) is 0.800. The van der Waals surface area contributed by atoms with Crippen LogP contribution in [0.5, 0.6) is 0 Å². The van der Waals surface area contributed by atoms with Crippen molar-refractivity contribution in [2.24, 2.45) is 0 Å². The highest BCUT2D eigenvalue weighted by molar-refractivity contribution is 7.92. The van der Waals surface area contributed by atoms with E-state index in [4.69, 9.17) is 5.11 Å². The lowest BCUT2D eigenvalue weighted by Gasteiger charge is -2.17. The van der Waals surface area contributed by atoms with E-state index in [1.807, 2.05) is 0 Å². The van der Waals surface area contributed by atoms with Crippen LogP contribution < -0.4 is 0 Å². The molecule has 0 bridgehead atoms. The van der Waals surface area contributed by atoms with Gasteiger partial charge in [0, 0.05) is 13.1 Å². The Morgan fingerprint density at radius 3 is 2.29 bits per heavy atom. The second-order valence-corrected chi connectivity index (χ2v) is 6.72. The zero-order chi connectivity index (χ0) is 13.1. The van der Waals surface area contributed by atoms with Gasteiger partial charge in [-0.2, -0.15) is 0 Å².